The van der Waals surface area contributed by atoms with Gasteiger partial charge in [-0.15, -0.1) is 0 Å². The van der Waals surface area contributed by atoms with Crippen molar-refractivity contribution in [2.24, 2.45) is 10.8 Å². The zero-order chi connectivity index (χ0) is 21.8. The summed E-state index contributed by atoms with van der Waals surface area (Å²) < 4.78 is 10.6. The Morgan fingerprint density at radius 2 is 1.52 bits per heavy atom. The van der Waals surface area contributed by atoms with Crippen LogP contribution in [0, 0.1) is 10.8 Å². The summed E-state index contributed by atoms with van der Waals surface area (Å²) in [6.07, 6.45) is 0.129. The van der Waals surface area contributed by atoms with Crippen molar-refractivity contribution in [2.45, 2.75) is 18.8 Å². The summed E-state index contributed by atoms with van der Waals surface area (Å²) in [5, 5.41) is 9.84. The minimum Gasteiger partial charge on any atom is -0.481 e. The van der Waals surface area contributed by atoms with E-state index in [1.807, 2.05) is 36.4 Å². The smallest absolute Gasteiger partial charge is 0.409 e. The maximum Gasteiger partial charge on any atom is 0.409 e. The van der Waals surface area contributed by atoms with Crippen molar-refractivity contribution in [2.75, 3.05) is 26.8 Å². The molecule has 1 aliphatic heterocycles. The molecule has 1 N–H and O–H groups in total. The highest BCUT2D eigenvalue weighted by atomic mass is 16.6. The van der Waals surface area contributed by atoms with Gasteiger partial charge in [-0.2, -0.15) is 0 Å². The van der Waals surface area contributed by atoms with Gasteiger partial charge in [0.2, 0.25) is 0 Å². The van der Waals surface area contributed by atoms with E-state index in [0.29, 0.717) is 12.8 Å². The van der Waals surface area contributed by atoms with Gasteiger partial charge in [0.15, 0.2) is 0 Å². The number of likely N-dealkylation sites (tertiary alicyclic amines) is 1. The number of rotatable bonds is 4. The third kappa shape index (κ3) is 2.55. The van der Waals surface area contributed by atoms with Crippen molar-refractivity contribution >= 4 is 18.0 Å². The summed E-state index contributed by atoms with van der Waals surface area (Å²) in [5.41, 5.74) is 1.97. The van der Waals surface area contributed by atoms with E-state index >= 15 is 0 Å². The summed E-state index contributed by atoms with van der Waals surface area (Å²) in [5.74, 6) is -1.73. The Bertz CT molecular complexity index is 1050. The summed E-state index contributed by atoms with van der Waals surface area (Å²) in [4.78, 5) is 38.8. The second kappa shape index (κ2) is 6.83. The van der Waals surface area contributed by atoms with Crippen molar-refractivity contribution in [1.29, 1.82) is 0 Å². The van der Waals surface area contributed by atoms with Gasteiger partial charge in [0.05, 0.1) is 7.11 Å². The first kappa shape index (κ1) is 19.6. The first-order valence-corrected chi connectivity index (χ1v) is 10.4. The van der Waals surface area contributed by atoms with Crippen LogP contribution in [0.5, 0.6) is 0 Å². The summed E-state index contributed by atoms with van der Waals surface area (Å²) in [7, 11) is 1.25. The highest BCUT2D eigenvalue weighted by molar-refractivity contribution is 5.92. The van der Waals surface area contributed by atoms with E-state index in [0.717, 1.165) is 22.3 Å². The Balaban J connectivity index is 1.35. The van der Waals surface area contributed by atoms with Gasteiger partial charge in [-0.25, -0.2) is 4.79 Å². The SMILES string of the molecule is COC(=O)C12CCC1(C(=O)O)CN(C(=O)OCC1c3ccccc3-c3ccccc31)C2. The van der Waals surface area contributed by atoms with Crippen LogP contribution in [-0.4, -0.2) is 54.8 Å². The first-order chi connectivity index (χ1) is 14.9. The van der Waals surface area contributed by atoms with Crippen LogP contribution in [0.1, 0.15) is 29.9 Å². The van der Waals surface area contributed by atoms with E-state index < -0.39 is 28.9 Å². The van der Waals surface area contributed by atoms with Crippen LogP contribution in [-0.2, 0) is 19.1 Å². The fraction of sp³-hybridized carbons (Fsp3) is 0.375. The molecule has 1 amide bonds. The lowest BCUT2D eigenvalue weighted by atomic mass is 9.51. The number of fused-ring (bicyclic) bond motifs is 4. The number of benzene rings is 2. The number of hydrogen-bond acceptors (Lipinski definition) is 5. The average molecular weight is 421 g/mol. The monoisotopic (exact) mass is 421 g/mol. The van der Waals surface area contributed by atoms with Gasteiger partial charge in [-0.3, -0.25) is 9.59 Å². The quantitative estimate of drug-likeness (QED) is 0.762. The molecule has 2 aromatic carbocycles. The zero-order valence-electron chi connectivity index (χ0n) is 17.2. The molecule has 2 aromatic rings. The fourth-order valence-electron chi connectivity index (χ4n) is 5.65. The summed E-state index contributed by atoms with van der Waals surface area (Å²) in [6, 6.07) is 16.1. The summed E-state index contributed by atoms with van der Waals surface area (Å²) in [6.45, 7) is 0.103. The Labute approximate surface area is 179 Å². The molecule has 0 radical (unpaired) electrons. The van der Waals surface area contributed by atoms with Crippen LogP contribution in [0.15, 0.2) is 48.5 Å². The van der Waals surface area contributed by atoms with Crippen LogP contribution in [0.3, 0.4) is 0 Å². The molecule has 0 spiro atoms. The van der Waals surface area contributed by atoms with E-state index in [4.69, 9.17) is 9.47 Å². The lowest BCUT2D eigenvalue weighted by Crippen LogP contribution is -2.59. The Kier molecular flexibility index (Phi) is 4.32. The molecule has 1 saturated heterocycles. The molecule has 1 saturated carbocycles. The number of carboxylic acid groups (broad SMARTS) is 1. The fourth-order valence-corrected chi connectivity index (χ4v) is 5.65. The molecular formula is C24H23NO6. The number of aliphatic carboxylic acids is 1. The Morgan fingerprint density at radius 1 is 0.968 bits per heavy atom. The van der Waals surface area contributed by atoms with Gasteiger partial charge in [0, 0.05) is 19.0 Å². The largest absolute Gasteiger partial charge is 0.481 e. The molecule has 5 rings (SSSR count). The van der Waals surface area contributed by atoms with E-state index in [1.54, 1.807) is 0 Å². The molecule has 7 heteroatoms. The zero-order valence-corrected chi connectivity index (χ0v) is 17.2. The summed E-state index contributed by atoms with van der Waals surface area (Å²) >= 11 is 0. The molecule has 0 bridgehead atoms. The predicted octanol–water partition coefficient (Wildman–Crippen LogP) is 3.28. The van der Waals surface area contributed by atoms with Gasteiger partial charge >= 0.3 is 18.0 Å². The number of carboxylic acids is 1. The number of esters is 1. The standard InChI is InChI=1S/C24H23NO6/c1-30-21(28)24-11-10-23(24,20(26)27)13-25(14-24)22(29)31-12-19-17-8-4-2-6-15(17)16-7-3-5-9-18(16)19/h2-9,19H,10-14H2,1H3,(H,26,27). The van der Waals surface area contributed by atoms with Crippen LogP contribution in [0.4, 0.5) is 4.79 Å². The number of carbonyl (C=O) groups is 3. The van der Waals surface area contributed by atoms with E-state index in [-0.39, 0.29) is 25.6 Å². The number of amides is 1. The maximum atomic E-state index is 12.9. The molecule has 3 aliphatic rings. The van der Waals surface area contributed by atoms with E-state index in [2.05, 4.69) is 12.1 Å². The van der Waals surface area contributed by atoms with Crippen molar-refractivity contribution in [1.82, 2.24) is 4.90 Å². The molecule has 2 fully saturated rings. The highest BCUT2D eigenvalue weighted by Gasteiger charge is 2.74. The third-order valence-electron chi connectivity index (χ3n) is 7.40. The lowest BCUT2D eigenvalue weighted by molar-refractivity contribution is -0.185. The number of nitrogens with zero attached hydrogens (tertiary/aromatic N) is 1. The molecule has 160 valence electrons. The average Bonchev–Trinajstić information content (AvgIpc) is 3.22. The van der Waals surface area contributed by atoms with Crippen molar-refractivity contribution in [3.8, 4) is 11.1 Å². The minimum absolute atomic E-state index is 0.00263. The van der Waals surface area contributed by atoms with Crippen LogP contribution in [0.2, 0.25) is 0 Å². The molecule has 2 unspecified atom stereocenters. The maximum absolute atomic E-state index is 12.9. The predicted molar refractivity (Wildman–Crippen MR) is 110 cm³/mol. The second-order valence-corrected chi connectivity index (χ2v) is 8.62. The molecule has 0 aromatic heterocycles. The first-order valence-electron chi connectivity index (χ1n) is 10.4. The van der Waals surface area contributed by atoms with Crippen LogP contribution in [0.25, 0.3) is 11.1 Å². The third-order valence-corrected chi connectivity index (χ3v) is 7.40. The Morgan fingerprint density at radius 3 is 2.03 bits per heavy atom. The van der Waals surface area contributed by atoms with E-state index in [9.17, 15) is 19.5 Å². The molecular weight excluding hydrogens is 398 g/mol. The number of carbonyl (C=O) groups excluding carboxylic acids is 2. The molecule has 7 nitrogen and oxygen atoms in total. The second-order valence-electron chi connectivity index (χ2n) is 8.62. The Hall–Kier alpha value is -3.35. The molecule has 1 heterocycles. The number of ether oxygens (including phenoxy) is 2. The minimum atomic E-state index is -1.30. The number of hydrogen-bond donors (Lipinski definition) is 1. The van der Waals surface area contributed by atoms with Crippen molar-refractivity contribution < 1.29 is 29.0 Å². The molecule has 2 aliphatic carbocycles. The van der Waals surface area contributed by atoms with Gasteiger partial charge in [0.1, 0.15) is 17.4 Å². The van der Waals surface area contributed by atoms with E-state index in [1.165, 1.54) is 12.0 Å². The molecule has 2 atom stereocenters. The van der Waals surface area contributed by atoms with Crippen LogP contribution < -0.4 is 0 Å². The van der Waals surface area contributed by atoms with Gasteiger partial charge in [-0.05, 0) is 35.1 Å². The lowest BCUT2D eigenvalue weighted by Gasteiger charge is -2.48. The van der Waals surface area contributed by atoms with Crippen LogP contribution >= 0.6 is 0 Å². The van der Waals surface area contributed by atoms with Gasteiger partial charge < -0.3 is 19.5 Å². The van der Waals surface area contributed by atoms with Gasteiger partial charge in [0.25, 0.3) is 0 Å². The molecule has 31 heavy (non-hydrogen) atoms. The highest BCUT2D eigenvalue weighted by Crippen LogP contribution is 2.62. The number of methoxy groups -OCH3 is 1. The topological polar surface area (TPSA) is 93.1 Å². The van der Waals surface area contributed by atoms with Gasteiger partial charge in [-0.1, -0.05) is 48.5 Å². The normalized spacial score (nSPS) is 25.8. The van der Waals surface area contributed by atoms with Crippen molar-refractivity contribution in [3.63, 3.8) is 0 Å². The van der Waals surface area contributed by atoms with Crippen molar-refractivity contribution in [3.05, 3.63) is 59.7 Å².